The van der Waals surface area contributed by atoms with Gasteiger partial charge < -0.3 is 20.4 Å². The van der Waals surface area contributed by atoms with Gasteiger partial charge in [-0.15, -0.1) is 0 Å². The van der Waals surface area contributed by atoms with Crippen LogP contribution >= 0.6 is 0 Å². The molecule has 1 aliphatic rings. The maximum atomic E-state index is 14.0. The normalized spacial score (nSPS) is 15.8. The Bertz CT molecular complexity index is 669. The number of hydrogen-bond acceptors (Lipinski definition) is 3. The number of benzene rings is 1. The molecule has 0 spiro atoms. The van der Waals surface area contributed by atoms with E-state index in [1.165, 1.54) is 6.07 Å². The lowest BCUT2D eigenvalue weighted by Gasteiger charge is -2.34. The number of nitrogens with zero attached hydrogens (tertiary/aromatic N) is 3. The van der Waals surface area contributed by atoms with Crippen molar-refractivity contribution in [1.82, 2.24) is 20.4 Å². The summed E-state index contributed by atoms with van der Waals surface area (Å²) in [5.41, 5.74) is 1.70. The Balaban J connectivity index is 2.00. The van der Waals surface area contributed by atoms with Crippen LogP contribution in [0.1, 0.15) is 37.3 Å². The standard InChI is InChI=1S/C21H34FN5O/c1-5-24-21(27-10-8-16(9-11-27)13-20(28)23-2)25-14-17-6-7-19(22)18(12-17)15-26(3)4/h6-7,12,16H,5,8-11,13-15H2,1-4H3,(H,23,28)(H,24,25). The molecule has 1 fully saturated rings. The van der Waals surface area contributed by atoms with Gasteiger partial charge in [0.1, 0.15) is 5.82 Å². The van der Waals surface area contributed by atoms with Crippen molar-refractivity contribution in [1.29, 1.82) is 0 Å². The molecule has 0 saturated carbocycles. The molecular formula is C21H34FN5O. The Hall–Kier alpha value is -2.15. The highest BCUT2D eigenvalue weighted by Gasteiger charge is 2.23. The molecule has 0 bridgehead atoms. The Morgan fingerprint density at radius 3 is 2.64 bits per heavy atom. The fourth-order valence-electron chi connectivity index (χ4n) is 3.49. The van der Waals surface area contributed by atoms with Gasteiger partial charge in [0.2, 0.25) is 5.91 Å². The second-order valence-electron chi connectivity index (χ2n) is 7.64. The number of carbonyl (C=O) groups excluding carboxylic acids is 1. The second kappa shape index (κ2) is 11.0. The van der Waals surface area contributed by atoms with Gasteiger partial charge in [-0.3, -0.25) is 4.79 Å². The van der Waals surface area contributed by atoms with Crippen LogP contribution in [0.15, 0.2) is 23.2 Å². The molecule has 7 heteroatoms. The first-order chi connectivity index (χ1) is 13.4. The summed E-state index contributed by atoms with van der Waals surface area (Å²) in [6.45, 7) is 5.72. The smallest absolute Gasteiger partial charge is 0.220 e. The number of carbonyl (C=O) groups is 1. The molecule has 6 nitrogen and oxygen atoms in total. The van der Waals surface area contributed by atoms with E-state index in [-0.39, 0.29) is 11.7 Å². The first-order valence-corrected chi connectivity index (χ1v) is 10.1. The minimum atomic E-state index is -0.175. The Morgan fingerprint density at radius 1 is 1.32 bits per heavy atom. The average molecular weight is 392 g/mol. The average Bonchev–Trinajstić information content (AvgIpc) is 2.67. The maximum Gasteiger partial charge on any atom is 0.220 e. The highest BCUT2D eigenvalue weighted by Crippen LogP contribution is 2.21. The van der Waals surface area contributed by atoms with Crippen molar-refractivity contribution in [3.63, 3.8) is 0 Å². The highest BCUT2D eigenvalue weighted by molar-refractivity contribution is 5.80. The van der Waals surface area contributed by atoms with Crippen LogP contribution in [-0.4, -0.2) is 62.4 Å². The molecule has 1 heterocycles. The molecule has 1 aromatic carbocycles. The van der Waals surface area contributed by atoms with Crippen molar-refractivity contribution < 1.29 is 9.18 Å². The van der Waals surface area contributed by atoms with E-state index >= 15 is 0 Å². The number of piperidine rings is 1. The zero-order chi connectivity index (χ0) is 20.5. The van der Waals surface area contributed by atoms with Gasteiger partial charge in [-0.2, -0.15) is 0 Å². The minimum absolute atomic E-state index is 0.115. The first-order valence-electron chi connectivity index (χ1n) is 10.1. The lowest BCUT2D eigenvalue weighted by atomic mass is 9.93. The van der Waals surface area contributed by atoms with Crippen LogP contribution in [0.5, 0.6) is 0 Å². The largest absolute Gasteiger partial charge is 0.359 e. The zero-order valence-corrected chi connectivity index (χ0v) is 17.6. The molecule has 0 unspecified atom stereocenters. The monoisotopic (exact) mass is 391 g/mol. The van der Waals surface area contributed by atoms with Crippen molar-refractivity contribution in [3.05, 3.63) is 35.1 Å². The quantitative estimate of drug-likeness (QED) is 0.553. The second-order valence-corrected chi connectivity index (χ2v) is 7.64. The van der Waals surface area contributed by atoms with Crippen LogP contribution in [0.3, 0.4) is 0 Å². The van der Waals surface area contributed by atoms with E-state index in [1.807, 2.05) is 25.1 Å². The molecular weight excluding hydrogens is 357 g/mol. The first kappa shape index (κ1) is 22.1. The van der Waals surface area contributed by atoms with E-state index < -0.39 is 0 Å². The summed E-state index contributed by atoms with van der Waals surface area (Å²) < 4.78 is 14.0. The number of rotatable bonds is 7. The summed E-state index contributed by atoms with van der Waals surface area (Å²) in [6, 6.07) is 5.23. The van der Waals surface area contributed by atoms with E-state index in [0.717, 1.165) is 44.0 Å². The fourth-order valence-corrected chi connectivity index (χ4v) is 3.49. The summed E-state index contributed by atoms with van der Waals surface area (Å²) in [6.07, 6.45) is 2.57. The highest BCUT2D eigenvalue weighted by atomic mass is 19.1. The van der Waals surface area contributed by atoms with Crippen LogP contribution in [0, 0.1) is 11.7 Å². The van der Waals surface area contributed by atoms with E-state index in [1.54, 1.807) is 13.1 Å². The third kappa shape index (κ3) is 6.78. The van der Waals surface area contributed by atoms with E-state index in [9.17, 15) is 9.18 Å². The number of nitrogens with one attached hydrogen (secondary N) is 2. The van der Waals surface area contributed by atoms with Crippen LogP contribution < -0.4 is 10.6 Å². The predicted molar refractivity (Wildman–Crippen MR) is 112 cm³/mol. The molecule has 0 atom stereocenters. The Morgan fingerprint density at radius 2 is 2.04 bits per heavy atom. The Labute approximate surface area is 168 Å². The van der Waals surface area contributed by atoms with Crippen molar-refractivity contribution in [2.24, 2.45) is 10.9 Å². The zero-order valence-electron chi connectivity index (χ0n) is 17.6. The van der Waals surface area contributed by atoms with Gasteiger partial charge in [-0.05, 0) is 57.5 Å². The van der Waals surface area contributed by atoms with E-state index in [2.05, 4.69) is 22.5 Å². The molecule has 1 saturated heterocycles. The molecule has 0 aliphatic carbocycles. The third-order valence-corrected chi connectivity index (χ3v) is 5.01. The molecule has 2 N–H and O–H groups in total. The van der Waals surface area contributed by atoms with Gasteiger partial charge >= 0.3 is 0 Å². The predicted octanol–water partition coefficient (Wildman–Crippen LogP) is 2.20. The minimum Gasteiger partial charge on any atom is -0.359 e. The number of hydrogen-bond donors (Lipinski definition) is 2. The lowest BCUT2D eigenvalue weighted by Crippen LogP contribution is -2.46. The summed E-state index contributed by atoms with van der Waals surface area (Å²) >= 11 is 0. The number of guanidine groups is 1. The summed E-state index contributed by atoms with van der Waals surface area (Å²) in [4.78, 5) is 20.6. The van der Waals surface area contributed by atoms with Crippen LogP contribution in [0.4, 0.5) is 4.39 Å². The van der Waals surface area contributed by atoms with Crippen molar-refractivity contribution in [3.8, 4) is 0 Å². The molecule has 1 aliphatic heterocycles. The molecule has 156 valence electrons. The van der Waals surface area contributed by atoms with Gasteiger partial charge in [-0.25, -0.2) is 9.38 Å². The van der Waals surface area contributed by atoms with E-state index in [4.69, 9.17) is 4.99 Å². The van der Waals surface area contributed by atoms with Crippen molar-refractivity contribution in [2.45, 2.75) is 39.3 Å². The molecule has 1 amide bonds. The summed E-state index contributed by atoms with van der Waals surface area (Å²) in [5, 5.41) is 6.07. The van der Waals surface area contributed by atoms with Crippen molar-refractivity contribution in [2.75, 3.05) is 40.8 Å². The number of likely N-dealkylation sites (tertiary alicyclic amines) is 1. The van der Waals surface area contributed by atoms with Crippen LogP contribution in [0.2, 0.25) is 0 Å². The number of amides is 1. The summed E-state index contributed by atoms with van der Waals surface area (Å²) in [7, 11) is 5.55. The van der Waals surface area contributed by atoms with Gasteiger partial charge in [0, 0.05) is 45.2 Å². The number of halogens is 1. The maximum absolute atomic E-state index is 14.0. The Kier molecular flexibility index (Phi) is 8.70. The summed E-state index contributed by atoms with van der Waals surface area (Å²) in [5.74, 6) is 1.26. The molecule has 1 aromatic rings. The third-order valence-electron chi connectivity index (χ3n) is 5.01. The van der Waals surface area contributed by atoms with Gasteiger partial charge in [0.05, 0.1) is 6.54 Å². The van der Waals surface area contributed by atoms with Crippen molar-refractivity contribution >= 4 is 11.9 Å². The number of aliphatic imine (C=N–C) groups is 1. The molecule has 28 heavy (non-hydrogen) atoms. The van der Waals surface area contributed by atoms with Gasteiger partial charge in [0.15, 0.2) is 5.96 Å². The van der Waals surface area contributed by atoms with E-state index in [0.29, 0.717) is 31.0 Å². The molecule has 2 rings (SSSR count). The molecule has 0 radical (unpaired) electrons. The van der Waals surface area contributed by atoms with Crippen LogP contribution in [-0.2, 0) is 17.9 Å². The topological polar surface area (TPSA) is 60.0 Å². The lowest BCUT2D eigenvalue weighted by molar-refractivity contribution is -0.121. The van der Waals surface area contributed by atoms with Gasteiger partial charge in [0.25, 0.3) is 0 Å². The van der Waals surface area contributed by atoms with Gasteiger partial charge in [-0.1, -0.05) is 6.07 Å². The molecule has 0 aromatic heterocycles. The van der Waals surface area contributed by atoms with Crippen LogP contribution in [0.25, 0.3) is 0 Å². The fraction of sp³-hybridized carbons (Fsp3) is 0.619. The SMILES string of the molecule is CCNC(=NCc1ccc(F)c(CN(C)C)c1)N1CCC(CC(=O)NC)CC1.